The number of amides is 3. The van der Waals surface area contributed by atoms with Crippen LogP contribution in [0.3, 0.4) is 0 Å². The Hall–Kier alpha value is -3.48. The number of esters is 1. The van der Waals surface area contributed by atoms with Crippen LogP contribution in [0.1, 0.15) is 44.3 Å². The van der Waals surface area contributed by atoms with Crippen molar-refractivity contribution in [2.75, 3.05) is 13.7 Å². The van der Waals surface area contributed by atoms with Gasteiger partial charge in [-0.1, -0.05) is 35.9 Å². The molecule has 0 N–H and O–H groups in total. The predicted molar refractivity (Wildman–Crippen MR) is 110 cm³/mol. The molecule has 30 heavy (non-hydrogen) atoms. The fourth-order valence-electron chi connectivity index (χ4n) is 3.40. The number of likely N-dealkylation sites (N-methyl/N-ethyl adjacent to an activating group) is 1. The summed E-state index contributed by atoms with van der Waals surface area (Å²) in [5.74, 6) is -2.27. The van der Waals surface area contributed by atoms with Gasteiger partial charge < -0.3 is 9.64 Å². The van der Waals surface area contributed by atoms with Crippen LogP contribution in [0.5, 0.6) is 0 Å². The number of hydrogen-bond acceptors (Lipinski definition) is 5. The molecule has 1 atom stereocenters. The van der Waals surface area contributed by atoms with Crippen LogP contribution in [0.4, 0.5) is 0 Å². The predicted octanol–water partition coefficient (Wildman–Crippen LogP) is 2.49. The second-order valence-corrected chi connectivity index (χ2v) is 7.49. The lowest BCUT2D eigenvalue weighted by Gasteiger charge is -2.22. The molecule has 0 spiro atoms. The smallest absolute Gasteiger partial charge is 0.329 e. The largest absolute Gasteiger partial charge is 0.454 e. The molecule has 0 fully saturated rings. The monoisotopic (exact) mass is 408 g/mol. The van der Waals surface area contributed by atoms with Gasteiger partial charge in [0.15, 0.2) is 6.61 Å². The molecule has 7 heteroatoms. The SMILES string of the molecule is Cc1ccc(CN(C)C(=O)COC(=O)[C@@H](C)N2C(=O)c3ccccc3C2=O)c(C)c1. The first kappa shape index (κ1) is 21.2. The van der Waals surface area contributed by atoms with Crippen molar-refractivity contribution < 1.29 is 23.9 Å². The molecule has 3 rings (SSSR count). The first-order chi connectivity index (χ1) is 14.2. The standard InChI is InChI=1S/C23H24N2O5/c1-14-9-10-17(15(2)11-14)12-24(4)20(26)13-30-23(29)16(3)25-21(27)18-7-5-6-8-19(18)22(25)28/h5-11,16H,12-13H2,1-4H3/t16-/m1/s1. The minimum absolute atomic E-state index is 0.256. The summed E-state index contributed by atoms with van der Waals surface area (Å²) in [5, 5.41) is 0. The molecule has 1 heterocycles. The Morgan fingerprint density at radius 2 is 1.63 bits per heavy atom. The van der Waals surface area contributed by atoms with Crippen LogP contribution >= 0.6 is 0 Å². The van der Waals surface area contributed by atoms with Gasteiger partial charge in [0, 0.05) is 13.6 Å². The third-order valence-corrected chi connectivity index (χ3v) is 5.22. The van der Waals surface area contributed by atoms with Gasteiger partial charge in [-0.25, -0.2) is 4.79 Å². The van der Waals surface area contributed by atoms with Crippen molar-refractivity contribution in [3.8, 4) is 0 Å². The van der Waals surface area contributed by atoms with E-state index >= 15 is 0 Å². The van der Waals surface area contributed by atoms with Gasteiger partial charge in [-0.2, -0.15) is 0 Å². The lowest BCUT2D eigenvalue weighted by atomic mass is 10.1. The van der Waals surface area contributed by atoms with Gasteiger partial charge in [0.05, 0.1) is 11.1 Å². The van der Waals surface area contributed by atoms with Crippen LogP contribution in [0.25, 0.3) is 0 Å². The average molecular weight is 408 g/mol. The van der Waals surface area contributed by atoms with Gasteiger partial charge in [0.1, 0.15) is 6.04 Å². The summed E-state index contributed by atoms with van der Waals surface area (Å²) in [6.07, 6.45) is 0. The Labute approximate surface area is 175 Å². The van der Waals surface area contributed by atoms with Crippen LogP contribution in [0.2, 0.25) is 0 Å². The summed E-state index contributed by atoms with van der Waals surface area (Å²) in [7, 11) is 1.63. The van der Waals surface area contributed by atoms with Gasteiger partial charge >= 0.3 is 5.97 Å². The molecule has 1 aliphatic heterocycles. The molecule has 3 amide bonds. The second-order valence-electron chi connectivity index (χ2n) is 7.49. The molecule has 0 unspecified atom stereocenters. The second kappa shape index (κ2) is 8.49. The van der Waals surface area contributed by atoms with Gasteiger partial charge in [-0.05, 0) is 44.0 Å². The third-order valence-electron chi connectivity index (χ3n) is 5.22. The van der Waals surface area contributed by atoms with Gasteiger partial charge in [-0.3, -0.25) is 19.3 Å². The van der Waals surface area contributed by atoms with Gasteiger partial charge in [-0.15, -0.1) is 0 Å². The number of fused-ring (bicyclic) bond motifs is 1. The molecule has 0 aromatic heterocycles. The maximum Gasteiger partial charge on any atom is 0.329 e. The Morgan fingerprint density at radius 3 is 2.20 bits per heavy atom. The molecule has 2 aromatic carbocycles. The van der Waals surface area contributed by atoms with Crippen LogP contribution in [0, 0.1) is 13.8 Å². The summed E-state index contributed by atoms with van der Waals surface area (Å²) >= 11 is 0. The van der Waals surface area contributed by atoms with E-state index in [4.69, 9.17) is 4.74 Å². The zero-order chi connectivity index (χ0) is 22.0. The van der Waals surface area contributed by atoms with Gasteiger partial charge in [0.25, 0.3) is 17.7 Å². The lowest BCUT2D eigenvalue weighted by Crippen LogP contribution is -2.44. The molecule has 1 aliphatic rings. The van der Waals surface area contributed by atoms with E-state index in [0.717, 1.165) is 21.6 Å². The average Bonchev–Trinajstić information content (AvgIpc) is 2.98. The molecular weight excluding hydrogens is 384 g/mol. The summed E-state index contributed by atoms with van der Waals surface area (Å²) in [4.78, 5) is 52.1. The Balaban J connectivity index is 1.58. The molecule has 0 saturated carbocycles. The quantitative estimate of drug-likeness (QED) is 0.542. The van der Waals surface area contributed by atoms with Crippen molar-refractivity contribution in [3.05, 3.63) is 70.3 Å². The zero-order valence-electron chi connectivity index (χ0n) is 17.5. The normalized spacial score (nSPS) is 13.8. The molecule has 0 bridgehead atoms. The minimum Gasteiger partial charge on any atom is -0.454 e. The number of rotatable bonds is 6. The summed E-state index contributed by atoms with van der Waals surface area (Å²) < 4.78 is 5.11. The number of nitrogens with zero attached hydrogens (tertiary/aromatic N) is 2. The van der Waals surface area contributed by atoms with E-state index in [1.807, 2.05) is 32.0 Å². The first-order valence-electron chi connectivity index (χ1n) is 9.64. The maximum absolute atomic E-state index is 12.5. The highest BCUT2D eigenvalue weighted by Crippen LogP contribution is 2.24. The number of benzene rings is 2. The van der Waals surface area contributed by atoms with Crippen LogP contribution in [-0.4, -0.2) is 53.2 Å². The fourth-order valence-corrected chi connectivity index (χ4v) is 3.40. The fraction of sp³-hybridized carbons (Fsp3) is 0.304. The van der Waals surface area contributed by atoms with E-state index in [-0.39, 0.29) is 17.0 Å². The highest BCUT2D eigenvalue weighted by molar-refractivity contribution is 6.22. The maximum atomic E-state index is 12.5. The molecule has 0 saturated heterocycles. The van der Waals surface area contributed by atoms with Crippen molar-refractivity contribution in [1.82, 2.24) is 9.80 Å². The first-order valence-corrected chi connectivity index (χ1v) is 9.64. The van der Waals surface area contributed by atoms with Crippen LogP contribution in [0.15, 0.2) is 42.5 Å². The van der Waals surface area contributed by atoms with E-state index in [2.05, 4.69) is 0 Å². The van der Waals surface area contributed by atoms with Gasteiger partial charge in [0.2, 0.25) is 0 Å². The lowest BCUT2D eigenvalue weighted by molar-refractivity contribution is -0.154. The van der Waals surface area contributed by atoms with Crippen molar-refractivity contribution in [3.63, 3.8) is 0 Å². The number of carbonyl (C=O) groups is 4. The summed E-state index contributed by atoms with van der Waals surface area (Å²) in [5.41, 5.74) is 3.73. The Kier molecular flexibility index (Phi) is 6.01. The van der Waals surface area contributed by atoms with Crippen molar-refractivity contribution in [2.24, 2.45) is 0 Å². The van der Waals surface area contributed by atoms with Crippen LogP contribution < -0.4 is 0 Å². The zero-order valence-corrected chi connectivity index (χ0v) is 17.5. The molecule has 7 nitrogen and oxygen atoms in total. The molecule has 2 aromatic rings. The highest BCUT2D eigenvalue weighted by Gasteiger charge is 2.41. The van der Waals surface area contributed by atoms with Crippen molar-refractivity contribution >= 4 is 23.7 Å². The van der Waals surface area contributed by atoms with E-state index in [1.165, 1.54) is 11.8 Å². The Bertz CT molecular complexity index is 995. The summed E-state index contributed by atoms with van der Waals surface area (Å²) in [6, 6.07) is 11.2. The molecule has 0 aliphatic carbocycles. The van der Waals surface area contributed by atoms with E-state index < -0.39 is 30.4 Å². The molecular formula is C23H24N2O5. The number of ether oxygens (including phenoxy) is 1. The van der Waals surface area contributed by atoms with E-state index in [9.17, 15) is 19.2 Å². The number of hydrogen-bond donors (Lipinski definition) is 0. The number of carbonyl (C=O) groups excluding carboxylic acids is 4. The molecule has 0 radical (unpaired) electrons. The number of aryl methyl sites for hydroxylation is 2. The minimum atomic E-state index is -1.13. The third kappa shape index (κ3) is 4.10. The van der Waals surface area contributed by atoms with Crippen LogP contribution in [-0.2, 0) is 20.9 Å². The Morgan fingerprint density at radius 1 is 1.03 bits per heavy atom. The molecule has 156 valence electrons. The number of imide groups is 1. The summed E-state index contributed by atoms with van der Waals surface area (Å²) in [6.45, 7) is 5.31. The highest BCUT2D eigenvalue weighted by atomic mass is 16.5. The van der Waals surface area contributed by atoms with Crippen molar-refractivity contribution in [2.45, 2.75) is 33.4 Å². The van der Waals surface area contributed by atoms with E-state index in [1.54, 1.807) is 31.3 Å². The van der Waals surface area contributed by atoms with Crippen molar-refractivity contribution in [1.29, 1.82) is 0 Å². The van der Waals surface area contributed by atoms with E-state index in [0.29, 0.717) is 6.54 Å². The topological polar surface area (TPSA) is 84.0 Å².